The van der Waals surface area contributed by atoms with Crippen LogP contribution in [0.3, 0.4) is 0 Å². The van der Waals surface area contributed by atoms with E-state index in [1.165, 1.54) is 0 Å². The van der Waals surface area contributed by atoms with E-state index in [0.29, 0.717) is 24.2 Å². The zero-order valence-corrected chi connectivity index (χ0v) is 12.6. The summed E-state index contributed by atoms with van der Waals surface area (Å²) in [5, 5.41) is 5.88. The van der Waals surface area contributed by atoms with Crippen molar-refractivity contribution in [3.63, 3.8) is 0 Å². The Balaban J connectivity index is 2.77. The van der Waals surface area contributed by atoms with Crippen molar-refractivity contribution < 1.29 is 9.59 Å². The fourth-order valence-electron chi connectivity index (χ4n) is 1.61. The number of nitrogens with one attached hydrogen (secondary N) is 2. The first-order valence-electron chi connectivity index (χ1n) is 6.80. The molecule has 1 rings (SSSR count). The summed E-state index contributed by atoms with van der Waals surface area (Å²) in [5.41, 5.74) is 1.03. The lowest BCUT2D eigenvalue weighted by molar-refractivity contribution is 0.0802. The van der Waals surface area contributed by atoms with Crippen molar-refractivity contribution in [3.05, 3.63) is 35.4 Å². The third-order valence-electron chi connectivity index (χ3n) is 3.25. The van der Waals surface area contributed by atoms with E-state index >= 15 is 0 Å². The van der Waals surface area contributed by atoms with Crippen LogP contribution < -0.4 is 10.6 Å². The van der Waals surface area contributed by atoms with Gasteiger partial charge in [-0.15, -0.1) is 0 Å². The molecule has 5 heteroatoms. The molecule has 0 bridgehead atoms. The van der Waals surface area contributed by atoms with E-state index in [-0.39, 0.29) is 17.9 Å². The molecular formula is C15H23N3O2. The lowest BCUT2D eigenvalue weighted by atomic mass is 10.1. The van der Waals surface area contributed by atoms with Gasteiger partial charge in [-0.25, -0.2) is 0 Å². The van der Waals surface area contributed by atoms with Gasteiger partial charge in [-0.1, -0.05) is 6.07 Å². The van der Waals surface area contributed by atoms with Gasteiger partial charge in [-0.05, 0) is 39.1 Å². The summed E-state index contributed by atoms with van der Waals surface area (Å²) >= 11 is 0. The van der Waals surface area contributed by atoms with Crippen LogP contribution in [0.2, 0.25) is 0 Å². The van der Waals surface area contributed by atoms with E-state index in [1.54, 1.807) is 36.2 Å². The van der Waals surface area contributed by atoms with Gasteiger partial charge < -0.3 is 15.5 Å². The first-order valence-corrected chi connectivity index (χ1v) is 6.80. The number of benzene rings is 1. The maximum absolute atomic E-state index is 12.0. The van der Waals surface area contributed by atoms with Crippen molar-refractivity contribution in [1.82, 2.24) is 15.5 Å². The van der Waals surface area contributed by atoms with Crippen molar-refractivity contribution in [2.24, 2.45) is 0 Å². The van der Waals surface area contributed by atoms with E-state index < -0.39 is 0 Å². The summed E-state index contributed by atoms with van der Waals surface area (Å²) in [5.74, 6) is -0.244. The number of amides is 2. The summed E-state index contributed by atoms with van der Waals surface area (Å²) in [6, 6.07) is 7.00. The molecule has 0 spiro atoms. The van der Waals surface area contributed by atoms with Crippen LogP contribution in [0.25, 0.3) is 0 Å². The predicted molar refractivity (Wildman–Crippen MR) is 79.9 cm³/mol. The van der Waals surface area contributed by atoms with Crippen molar-refractivity contribution in [3.8, 4) is 0 Å². The summed E-state index contributed by atoms with van der Waals surface area (Å²) in [6.45, 7) is 5.07. The Morgan fingerprint density at radius 2 is 1.95 bits per heavy atom. The van der Waals surface area contributed by atoms with Crippen molar-refractivity contribution in [2.75, 3.05) is 27.2 Å². The smallest absolute Gasteiger partial charge is 0.253 e. The summed E-state index contributed by atoms with van der Waals surface area (Å²) in [7, 11) is 3.58. The third kappa shape index (κ3) is 4.35. The Morgan fingerprint density at radius 1 is 1.30 bits per heavy atom. The Morgan fingerprint density at radius 3 is 2.55 bits per heavy atom. The van der Waals surface area contributed by atoms with Crippen molar-refractivity contribution in [2.45, 2.75) is 19.9 Å². The second-order valence-electron chi connectivity index (χ2n) is 4.80. The van der Waals surface area contributed by atoms with E-state index in [2.05, 4.69) is 10.6 Å². The molecule has 0 aromatic heterocycles. The number of likely N-dealkylation sites (N-methyl/N-ethyl adjacent to an activating group) is 1. The zero-order valence-electron chi connectivity index (χ0n) is 12.6. The van der Waals surface area contributed by atoms with Gasteiger partial charge in [0.2, 0.25) is 0 Å². The second kappa shape index (κ2) is 7.65. The molecule has 0 fully saturated rings. The quantitative estimate of drug-likeness (QED) is 0.819. The van der Waals surface area contributed by atoms with Gasteiger partial charge in [0, 0.05) is 37.3 Å². The fraction of sp³-hybridized carbons (Fsp3) is 0.467. The average Bonchev–Trinajstić information content (AvgIpc) is 2.50. The lowest BCUT2D eigenvalue weighted by Crippen LogP contribution is -2.37. The fourth-order valence-corrected chi connectivity index (χ4v) is 1.61. The van der Waals surface area contributed by atoms with Crippen LogP contribution in [0.4, 0.5) is 0 Å². The number of hydrogen-bond donors (Lipinski definition) is 2. The minimum Gasteiger partial charge on any atom is -0.350 e. The molecular weight excluding hydrogens is 254 g/mol. The molecule has 1 unspecified atom stereocenters. The van der Waals surface area contributed by atoms with Gasteiger partial charge in [0.05, 0.1) is 0 Å². The molecule has 1 atom stereocenters. The number of carbonyl (C=O) groups excluding carboxylic acids is 2. The SMILES string of the molecule is CCN(C)C(=O)c1cccc(C(=O)NCC(C)NC)c1. The number of nitrogens with zero attached hydrogens (tertiary/aromatic N) is 1. The minimum atomic E-state index is -0.166. The maximum Gasteiger partial charge on any atom is 0.253 e. The van der Waals surface area contributed by atoms with E-state index in [9.17, 15) is 9.59 Å². The second-order valence-corrected chi connectivity index (χ2v) is 4.80. The third-order valence-corrected chi connectivity index (χ3v) is 3.25. The number of carbonyl (C=O) groups is 2. The van der Waals surface area contributed by atoms with E-state index in [4.69, 9.17) is 0 Å². The monoisotopic (exact) mass is 277 g/mol. The van der Waals surface area contributed by atoms with Crippen molar-refractivity contribution >= 4 is 11.8 Å². The van der Waals surface area contributed by atoms with Gasteiger partial charge in [0.25, 0.3) is 11.8 Å². The molecule has 0 aliphatic heterocycles. The standard InChI is InChI=1S/C15H23N3O2/c1-5-18(4)15(20)13-8-6-7-12(9-13)14(19)17-10-11(2)16-3/h6-9,11,16H,5,10H2,1-4H3,(H,17,19). The Bertz CT molecular complexity index is 474. The normalized spacial score (nSPS) is 11.8. The molecule has 2 amide bonds. The highest BCUT2D eigenvalue weighted by molar-refractivity contribution is 5.99. The zero-order chi connectivity index (χ0) is 15.1. The highest BCUT2D eigenvalue weighted by Crippen LogP contribution is 2.08. The Labute approximate surface area is 120 Å². The first kappa shape index (κ1) is 16.2. The van der Waals surface area contributed by atoms with Crippen LogP contribution in [0.1, 0.15) is 34.6 Å². The predicted octanol–water partition coefficient (Wildman–Crippen LogP) is 1.12. The highest BCUT2D eigenvalue weighted by Gasteiger charge is 2.13. The van der Waals surface area contributed by atoms with Crippen LogP contribution in [-0.4, -0.2) is 49.9 Å². The number of hydrogen-bond acceptors (Lipinski definition) is 3. The van der Waals surface area contributed by atoms with Crippen LogP contribution >= 0.6 is 0 Å². The van der Waals surface area contributed by atoms with Crippen LogP contribution in [0.5, 0.6) is 0 Å². The molecule has 0 aliphatic carbocycles. The molecule has 20 heavy (non-hydrogen) atoms. The molecule has 0 saturated carbocycles. The molecule has 2 N–H and O–H groups in total. The summed E-state index contributed by atoms with van der Waals surface area (Å²) in [4.78, 5) is 25.7. The maximum atomic E-state index is 12.0. The van der Waals surface area contributed by atoms with Gasteiger partial charge in [0.15, 0.2) is 0 Å². The Kier molecular flexibility index (Phi) is 6.18. The molecule has 0 aliphatic rings. The molecule has 5 nitrogen and oxygen atoms in total. The molecule has 1 aromatic rings. The first-order chi connectivity index (χ1) is 9.49. The molecule has 0 radical (unpaired) electrons. The van der Waals surface area contributed by atoms with Crippen molar-refractivity contribution in [1.29, 1.82) is 0 Å². The van der Waals surface area contributed by atoms with Gasteiger partial charge in [-0.2, -0.15) is 0 Å². The van der Waals surface area contributed by atoms with Gasteiger partial charge >= 0.3 is 0 Å². The average molecular weight is 277 g/mol. The number of rotatable bonds is 6. The van der Waals surface area contributed by atoms with E-state index in [0.717, 1.165) is 0 Å². The van der Waals surface area contributed by atoms with Gasteiger partial charge in [-0.3, -0.25) is 9.59 Å². The summed E-state index contributed by atoms with van der Waals surface area (Å²) in [6.07, 6.45) is 0. The molecule has 0 saturated heterocycles. The molecule has 1 aromatic carbocycles. The Hall–Kier alpha value is -1.88. The molecule has 0 heterocycles. The minimum absolute atomic E-state index is 0.0780. The largest absolute Gasteiger partial charge is 0.350 e. The van der Waals surface area contributed by atoms with Crippen LogP contribution in [-0.2, 0) is 0 Å². The molecule has 110 valence electrons. The summed E-state index contributed by atoms with van der Waals surface area (Å²) < 4.78 is 0. The topological polar surface area (TPSA) is 61.4 Å². The van der Waals surface area contributed by atoms with Gasteiger partial charge in [0.1, 0.15) is 0 Å². The van der Waals surface area contributed by atoms with E-state index in [1.807, 2.05) is 20.9 Å². The highest BCUT2D eigenvalue weighted by atomic mass is 16.2. The lowest BCUT2D eigenvalue weighted by Gasteiger charge is -2.15. The van der Waals surface area contributed by atoms with Crippen LogP contribution in [0.15, 0.2) is 24.3 Å². The van der Waals surface area contributed by atoms with Crippen LogP contribution in [0, 0.1) is 0 Å².